The Kier molecular flexibility index (Phi) is 11.6. The SMILES string of the molecule is CCCOC(=O)c1ccc(NC(=O)C(=O)NCCCN(CCC)CCC)cc1. The summed E-state index contributed by atoms with van der Waals surface area (Å²) in [5, 5.41) is 5.17. The summed E-state index contributed by atoms with van der Waals surface area (Å²) in [6.45, 7) is 10.0. The molecule has 0 aromatic heterocycles. The third-order valence-corrected chi connectivity index (χ3v) is 4.04. The zero-order valence-corrected chi connectivity index (χ0v) is 17.3. The number of anilines is 1. The van der Waals surface area contributed by atoms with E-state index in [0.29, 0.717) is 24.4 Å². The number of rotatable bonds is 12. The van der Waals surface area contributed by atoms with Crippen LogP contribution in [0.3, 0.4) is 0 Å². The second-order valence-corrected chi connectivity index (χ2v) is 6.62. The van der Waals surface area contributed by atoms with Crippen LogP contribution in [0.1, 0.15) is 56.8 Å². The van der Waals surface area contributed by atoms with Gasteiger partial charge in [-0.3, -0.25) is 9.59 Å². The van der Waals surface area contributed by atoms with Crippen molar-refractivity contribution in [2.45, 2.75) is 46.5 Å². The fraction of sp³-hybridized carbons (Fsp3) is 0.571. The fourth-order valence-electron chi connectivity index (χ4n) is 2.71. The molecule has 0 bridgehead atoms. The molecule has 1 aromatic rings. The van der Waals surface area contributed by atoms with Crippen molar-refractivity contribution in [3.8, 4) is 0 Å². The number of amides is 2. The van der Waals surface area contributed by atoms with Gasteiger partial charge in [0.25, 0.3) is 0 Å². The van der Waals surface area contributed by atoms with Crippen molar-refractivity contribution < 1.29 is 19.1 Å². The molecule has 0 saturated carbocycles. The van der Waals surface area contributed by atoms with Gasteiger partial charge in [0.2, 0.25) is 0 Å². The van der Waals surface area contributed by atoms with Crippen molar-refractivity contribution in [2.75, 3.05) is 38.1 Å². The highest BCUT2D eigenvalue weighted by molar-refractivity contribution is 6.39. The summed E-state index contributed by atoms with van der Waals surface area (Å²) >= 11 is 0. The van der Waals surface area contributed by atoms with Gasteiger partial charge < -0.3 is 20.3 Å². The van der Waals surface area contributed by atoms with Crippen molar-refractivity contribution in [1.82, 2.24) is 10.2 Å². The Labute approximate surface area is 167 Å². The van der Waals surface area contributed by atoms with Gasteiger partial charge in [0, 0.05) is 12.2 Å². The lowest BCUT2D eigenvalue weighted by Gasteiger charge is -2.20. The quantitative estimate of drug-likeness (QED) is 0.325. The van der Waals surface area contributed by atoms with Gasteiger partial charge in [0.15, 0.2) is 0 Å². The van der Waals surface area contributed by atoms with Crippen LogP contribution in [0.15, 0.2) is 24.3 Å². The number of hydrogen-bond donors (Lipinski definition) is 2. The number of carbonyl (C=O) groups excluding carboxylic acids is 3. The van der Waals surface area contributed by atoms with Crippen LogP contribution in [0.2, 0.25) is 0 Å². The van der Waals surface area contributed by atoms with Crippen LogP contribution in [-0.4, -0.2) is 55.5 Å². The Morgan fingerprint density at radius 2 is 1.54 bits per heavy atom. The normalized spacial score (nSPS) is 10.6. The highest BCUT2D eigenvalue weighted by Crippen LogP contribution is 2.10. The smallest absolute Gasteiger partial charge is 0.338 e. The molecule has 1 aromatic carbocycles. The van der Waals surface area contributed by atoms with E-state index >= 15 is 0 Å². The average molecular weight is 392 g/mol. The van der Waals surface area contributed by atoms with Gasteiger partial charge in [0.05, 0.1) is 12.2 Å². The lowest BCUT2D eigenvalue weighted by atomic mass is 10.2. The lowest BCUT2D eigenvalue weighted by Crippen LogP contribution is -2.37. The highest BCUT2D eigenvalue weighted by Gasteiger charge is 2.14. The van der Waals surface area contributed by atoms with Gasteiger partial charge in [-0.25, -0.2) is 4.79 Å². The maximum absolute atomic E-state index is 12.0. The molecule has 0 spiro atoms. The lowest BCUT2D eigenvalue weighted by molar-refractivity contribution is -0.136. The maximum atomic E-state index is 12.0. The topological polar surface area (TPSA) is 87.7 Å². The van der Waals surface area contributed by atoms with E-state index in [0.717, 1.165) is 45.3 Å². The minimum Gasteiger partial charge on any atom is -0.462 e. The van der Waals surface area contributed by atoms with Crippen molar-refractivity contribution in [1.29, 1.82) is 0 Å². The predicted molar refractivity (Wildman–Crippen MR) is 110 cm³/mol. The molecule has 2 N–H and O–H groups in total. The first-order valence-corrected chi connectivity index (χ1v) is 10.1. The summed E-state index contributed by atoms with van der Waals surface area (Å²) in [5.74, 6) is -1.79. The molecule has 1 rings (SSSR count). The summed E-state index contributed by atoms with van der Waals surface area (Å²) in [6, 6.07) is 6.26. The predicted octanol–water partition coefficient (Wildman–Crippen LogP) is 2.82. The van der Waals surface area contributed by atoms with Crippen molar-refractivity contribution in [3.63, 3.8) is 0 Å². The second-order valence-electron chi connectivity index (χ2n) is 6.62. The number of esters is 1. The van der Waals surface area contributed by atoms with E-state index in [-0.39, 0.29) is 0 Å². The summed E-state index contributed by atoms with van der Waals surface area (Å²) in [4.78, 5) is 38.0. The molecule has 0 atom stereocenters. The van der Waals surface area contributed by atoms with Crippen LogP contribution in [0.4, 0.5) is 5.69 Å². The average Bonchev–Trinajstić information content (AvgIpc) is 2.70. The molecule has 156 valence electrons. The van der Waals surface area contributed by atoms with Crippen molar-refractivity contribution in [3.05, 3.63) is 29.8 Å². The first-order chi connectivity index (χ1) is 13.5. The van der Waals surface area contributed by atoms with Crippen LogP contribution < -0.4 is 10.6 Å². The van der Waals surface area contributed by atoms with Crippen LogP contribution in [-0.2, 0) is 14.3 Å². The number of benzene rings is 1. The van der Waals surface area contributed by atoms with Gasteiger partial charge in [-0.1, -0.05) is 20.8 Å². The summed E-state index contributed by atoms with van der Waals surface area (Å²) < 4.78 is 5.04. The number of hydrogen-bond acceptors (Lipinski definition) is 5. The molecule has 0 aliphatic carbocycles. The molecule has 0 aliphatic heterocycles. The fourth-order valence-corrected chi connectivity index (χ4v) is 2.71. The van der Waals surface area contributed by atoms with E-state index in [9.17, 15) is 14.4 Å². The number of nitrogens with one attached hydrogen (secondary N) is 2. The molecule has 0 radical (unpaired) electrons. The minimum absolute atomic E-state index is 0.367. The Morgan fingerprint density at radius 1 is 0.893 bits per heavy atom. The Balaban J connectivity index is 2.37. The van der Waals surface area contributed by atoms with Gasteiger partial charge in [-0.05, 0) is 69.6 Å². The van der Waals surface area contributed by atoms with E-state index in [1.54, 1.807) is 24.3 Å². The zero-order valence-electron chi connectivity index (χ0n) is 17.3. The molecule has 7 nitrogen and oxygen atoms in total. The molecule has 0 unspecified atom stereocenters. The molecule has 0 saturated heterocycles. The van der Waals surface area contributed by atoms with Gasteiger partial charge in [-0.2, -0.15) is 0 Å². The first-order valence-electron chi connectivity index (χ1n) is 10.1. The van der Waals surface area contributed by atoms with Crippen molar-refractivity contribution in [2.24, 2.45) is 0 Å². The van der Waals surface area contributed by atoms with Crippen LogP contribution in [0, 0.1) is 0 Å². The zero-order chi connectivity index (χ0) is 20.8. The minimum atomic E-state index is -0.722. The Morgan fingerprint density at radius 3 is 2.11 bits per heavy atom. The van der Waals surface area contributed by atoms with Gasteiger partial charge >= 0.3 is 17.8 Å². The number of ether oxygens (including phenoxy) is 1. The van der Waals surface area contributed by atoms with Gasteiger partial charge in [-0.15, -0.1) is 0 Å². The van der Waals surface area contributed by atoms with E-state index in [4.69, 9.17) is 4.74 Å². The molecule has 0 aliphatic rings. The molecular formula is C21H33N3O4. The van der Waals surface area contributed by atoms with Crippen LogP contribution in [0.5, 0.6) is 0 Å². The number of carbonyl (C=O) groups is 3. The maximum Gasteiger partial charge on any atom is 0.338 e. The summed E-state index contributed by atoms with van der Waals surface area (Å²) in [7, 11) is 0. The van der Waals surface area contributed by atoms with E-state index in [1.807, 2.05) is 6.92 Å². The molecule has 0 fully saturated rings. The Hall–Kier alpha value is -2.41. The third-order valence-electron chi connectivity index (χ3n) is 4.04. The summed E-state index contributed by atoms with van der Waals surface area (Å²) in [6.07, 6.45) is 3.76. The summed E-state index contributed by atoms with van der Waals surface area (Å²) in [5.41, 5.74) is 0.851. The monoisotopic (exact) mass is 391 g/mol. The highest BCUT2D eigenvalue weighted by atomic mass is 16.5. The van der Waals surface area contributed by atoms with Crippen LogP contribution >= 0.6 is 0 Å². The Bertz CT molecular complexity index is 611. The largest absolute Gasteiger partial charge is 0.462 e. The standard InChI is InChI=1S/C21H33N3O4/c1-4-13-24(14-5-2)15-7-12-22-19(25)20(26)23-18-10-8-17(9-11-18)21(27)28-16-6-3/h8-11H,4-7,12-16H2,1-3H3,(H,22,25)(H,23,26). The molecule has 7 heteroatoms. The van der Waals surface area contributed by atoms with Gasteiger partial charge in [0.1, 0.15) is 0 Å². The number of nitrogens with zero attached hydrogens (tertiary/aromatic N) is 1. The first kappa shape index (κ1) is 23.6. The van der Waals surface area contributed by atoms with E-state index in [1.165, 1.54) is 0 Å². The van der Waals surface area contributed by atoms with Crippen LogP contribution in [0.25, 0.3) is 0 Å². The molecular weight excluding hydrogens is 358 g/mol. The van der Waals surface area contributed by atoms with Crippen molar-refractivity contribution >= 4 is 23.5 Å². The second kappa shape index (κ2) is 13.7. The molecule has 0 heterocycles. The third kappa shape index (κ3) is 8.99. The molecule has 2 amide bonds. The van der Waals surface area contributed by atoms with E-state index < -0.39 is 17.8 Å². The van der Waals surface area contributed by atoms with E-state index in [2.05, 4.69) is 29.4 Å². The molecule has 28 heavy (non-hydrogen) atoms.